The molecule has 2 aromatic rings. The number of nitrogens with two attached hydrogens (primary N) is 1. The number of hydrogen-bond acceptors (Lipinski definition) is 5. The number of nitrogen functional groups attached to an aromatic ring is 1. The Balaban J connectivity index is 1.77. The van der Waals surface area contributed by atoms with Gasteiger partial charge in [-0.2, -0.15) is 0 Å². The number of nitrogens with one attached hydrogen (secondary N) is 1. The molecule has 0 bridgehead atoms. The SMILES string of the molecule is Nc1ccc(Cc2ccc(NC(=O)OCCOCCO)cc2)cc1. The molecule has 0 saturated carbocycles. The molecule has 4 N–H and O–H groups in total. The van der Waals surface area contributed by atoms with Crippen molar-refractivity contribution in [2.24, 2.45) is 0 Å². The van der Waals surface area contributed by atoms with Gasteiger partial charge in [0, 0.05) is 11.4 Å². The van der Waals surface area contributed by atoms with Crippen LogP contribution in [-0.2, 0) is 15.9 Å². The van der Waals surface area contributed by atoms with E-state index in [0.29, 0.717) is 5.69 Å². The summed E-state index contributed by atoms with van der Waals surface area (Å²) in [5.41, 5.74) is 9.40. The molecule has 0 aliphatic carbocycles. The molecule has 0 unspecified atom stereocenters. The molecule has 6 heteroatoms. The van der Waals surface area contributed by atoms with E-state index in [1.54, 1.807) is 0 Å². The van der Waals surface area contributed by atoms with E-state index in [-0.39, 0.29) is 26.4 Å². The lowest BCUT2D eigenvalue weighted by Crippen LogP contribution is -2.17. The number of carbonyl (C=O) groups excluding carboxylic acids is 1. The van der Waals surface area contributed by atoms with E-state index >= 15 is 0 Å². The topological polar surface area (TPSA) is 93.8 Å². The number of hydrogen-bond donors (Lipinski definition) is 3. The van der Waals surface area contributed by atoms with Gasteiger partial charge < -0.3 is 20.3 Å². The molecule has 2 rings (SSSR count). The Kier molecular flexibility index (Phi) is 7.07. The van der Waals surface area contributed by atoms with Crippen molar-refractivity contribution >= 4 is 17.5 Å². The van der Waals surface area contributed by atoms with Crippen molar-refractivity contribution in [2.75, 3.05) is 37.5 Å². The van der Waals surface area contributed by atoms with Crippen molar-refractivity contribution in [2.45, 2.75) is 6.42 Å². The second-order valence-electron chi connectivity index (χ2n) is 5.21. The molecule has 0 spiro atoms. The van der Waals surface area contributed by atoms with E-state index in [1.807, 2.05) is 48.5 Å². The fourth-order valence-electron chi connectivity index (χ4n) is 2.09. The van der Waals surface area contributed by atoms with Gasteiger partial charge in [0.05, 0.1) is 19.8 Å². The third kappa shape index (κ3) is 6.28. The number of ether oxygens (including phenoxy) is 2. The predicted molar refractivity (Wildman–Crippen MR) is 93.0 cm³/mol. The highest BCUT2D eigenvalue weighted by atomic mass is 16.6. The zero-order chi connectivity index (χ0) is 17.2. The summed E-state index contributed by atoms with van der Waals surface area (Å²) in [6.07, 6.45) is 0.265. The van der Waals surface area contributed by atoms with Gasteiger partial charge in [-0.05, 0) is 41.8 Å². The van der Waals surface area contributed by atoms with E-state index in [2.05, 4.69) is 5.32 Å². The Bertz CT molecular complexity index is 626. The average molecular weight is 330 g/mol. The van der Waals surface area contributed by atoms with Crippen molar-refractivity contribution in [3.8, 4) is 0 Å². The molecule has 0 aliphatic heterocycles. The summed E-state index contributed by atoms with van der Waals surface area (Å²) in [4.78, 5) is 11.6. The number of aliphatic hydroxyl groups excluding tert-OH is 1. The molecular formula is C18H22N2O4. The Hall–Kier alpha value is -2.57. The van der Waals surface area contributed by atoms with E-state index in [1.165, 1.54) is 5.56 Å². The van der Waals surface area contributed by atoms with Crippen LogP contribution in [0.15, 0.2) is 48.5 Å². The van der Waals surface area contributed by atoms with Gasteiger partial charge in [0.2, 0.25) is 0 Å². The van der Waals surface area contributed by atoms with Crippen molar-refractivity contribution in [1.29, 1.82) is 0 Å². The van der Waals surface area contributed by atoms with Crippen LogP contribution in [0.1, 0.15) is 11.1 Å². The van der Waals surface area contributed by atoms with Gasteiger partial charge in [-0.3, -0.25) is 5.32 Å². The number of amides is 1. The third-order valence-corrected chi connectivity index (χ3v) is 3.28. The maximum atomic E-state index is 11.6. The molecule has 0 aliphatic rings. The molecule has 0 saturated heterocycles. The first-order valence-electron chi connectivity index (χ1n) is 7.73. The summed E-state index contributed by atoms with van der Waals surface area (Å²) in [6.45, 7) is 0.588. The van der Waals surface area contributed by atoms with Crippen LogP contribution in [0.3, 0.4) is 0 Å². The lowest BCUT2D eigenvalue weighted by atomic mass is 10.0. The van der Waals surface area contributed by atoms with Crippen LogP contribution >= 0.6 is 0 Å². The fraction of sp³-hybridized carbons (Fsp3) is 0.278. The zero-order valence-electron chi connectivity index (χ0n) is 13.4. The van der Waals surface area contributed by atoms with Crippen LogP contribution in [0.4, 0.5) is 16.2 Å². The number of anilines is 2. The Morgan fingerprint density at radius 2 is 1.58 bits per heavy atom. The molecule has 0 heterocycles. The summed E-state index contributed by atoms with van der Waals surface area (Å²) in [7, 11) is 0. The summed E-state index contributed by atoms with van der Waals surface area (Å²) < 4.78 is 9.96. The first-order chi connectivity index (χ1) is 11.7. The van der Waals surface area contributed by atoms with Gasteiger partial charge in [-0.15, -0.1) is 0 Å². The predicted octanol–water partition coefficient (Wildman–Crippen LogP) is 2.42. The molecule has 128 valence electrons. The van der Waals surface area contributed by atoms with Crippen molar-refractivity contribution in [3.05, 3.63) is 59.7 Å². The summed E-state index contributed by atoms with van der Waals surface area (Å²) >= 11 is 0. The minimum Gasteiger partial charge on any atom is -0.447 e. The largest absolute Gasteiger partial charge is 0.447 e. The minimum absolute atomic E-state index is 0.0467. The highest BCUT2D eigenvalue weighted by Gasteiger charge is 2.03. The maximum Gasteiger partial charge on any atom is 0.411 e. The number of benzene rings is 2. The molecule has 0 atom stereocenters. The summed E-state index contributed by atoms with van der Waals surface area (Å²) in [5.74, 6) is 0. The second-order valence-corrected chi connectivity index (χ2v) is 5.21. The average Bonchev–Trinajstić information content (AvgIpc) is 2.58. The first-order valence-corrected chi connectivity index (χ1v) is 7.73. The number of rotatable bonds is 8. The van der Waals surface area contributed by atoms with Crippen LogP contribution < -0.4 is 11.1 Å². The van der Waals surface area contributed by atoms with Crippen molar-refractivity contribution in [1.82, 2.24) is 0 Å². The second kappa shape index (κ2) is 9.54. The van der Waals surface area contributed by atoms with Gasteiger partial charge in [0.1, 0.15) is 6.61 Å². The summed E-state index contributed by atoms with van der Waals surface area (Å²) in [5, 5.41) is 11.2. The van der Waals surface area contributed by atoms with Gasteiger partial charge >= 0.3 is 6.09 Å². The molecule has 1 amide bonds. The molecule has 24 heavy (non-hydrogen) atoms. The molecule has 0 fully saturated rings. The quantitative estimate of drug-likeness (QED) is 0.510. The van der Waals surface area contributed by atoms with Gasteiger partial charge in [0.15, 0.2) is 0 Å². The van der Waals surface area contributed by atoms with Gasteiger partial charge in [-0.1, -0.05) is 24.3 Å². The molecule has 0 aromatic heterocycles. The lowest BCUT2D eigenvalue weighted by molar-refractivity contribution is 0.0572. The highest BCUT2D eigenvalue weighted by Crippen LogP contribution is 2.15. The van der Waals surface area contributed by atoms with Crippen molar-refractivity contribution in [3.63, 3.8) is 0 Å². The van der Waals surface area contributed by atoms with E-state index in [9.17, 15) is 4.79 Å². The van der Waals surface area contributed by atoms with Crippen LogP contribution in [0.5, 0.6) is 0 Å². The lowest BCUT2D eigenvalue weighted by Gasteiger charge is -2.08. The maximum absolute atomic E-state index is 11.6. The normalized spacial score (nSPS) is 10.4. The van der Waals surface area contributed by atoms with Crippen molar-refractivity contribution < 1.29 is 19.4 Å². The monoisotopic (exact) mass is 330 g/mol. The van der Waals surface area contributed by atoms with E-state index in [4.69, 9.17) is 20.3 Å². The molecule has 2 aromatic carbocycles. The third-order valence-electron chi connectivity index (χ3n) is 3.28. The Morgan fingerprint density at radius 1 is 0.958 bits per heavy atom. The van der Waals surface area contributed by atoms with E-state index < -0.39 is 6.09 Å². The Morgan fingerprint density at radius 3 is 2.21 bits per heavy atom. The van der Waals surface area contributed by atoms with Gasteiger partial charge in [0.25, 0.3) is 0 Å². The fourth-order valence-corrected chi connectivity index (χ4v) is 2.09. The smallest absolute Gasteiger partial charge is 0.411 e. The zero-order valence-corrected chi connectivity index (χ0v) is 13.4. The van der Waals surface area contributed by atoms with Crippen LogP contribution in [-0.4, -0.2) is 37.6 Å². The molecular weight excluding hydrogens is 308 g/mol. The van der Waals surface area contributed by atoms with Gasteiger partial charge in [-0.25, -0.2) is 4.79 Å². The summed E-state index contributed by atoms with van der Waals surface area (Å²) in [6, 6.07) is 15.3. The number of aliphatic hydroxyl groups is 1. The molecule has 0 radical (unpaired) electrons. The van der Waals surface area contributed by atoms with Crippen LogP contribution in [0.25, 0.3) is 0 Å². The highest BCUT2D eigenvalue weighted by molar-refractivity contribution is 5.84. The first kappa shape index (κ1) is 17.8. The van der Waals surface area contributed by atoms with Crippen LogP contribution in [0, 0.1) is 0 Å². The van der Waals surface area contributed by atoms with Crippen LogP contribution in [0.2, 0.25) is 0 Å². The standard InChI is InChI=1S/C18H22N2O4/c19-16-5-1-14(2-6-16)13-15-3-7-17(8-4-15)20-18(22)24-12-11-23-10-9-21/h1-8,21H,9-13,19H2,(H,20,22). The molecule has 6 nitrogen and oxygen atoms in total. The minimum atomic E-state index is -0.533. The Labute approximate surface area is 141 Å². The number of carbonyl (C=O) groups is 1. The van der Waals surface area contributed by atoms with E-state index in [0.717, 1.165) is 17.7 Å².